The van der Waals surface area contributed by atoms with Crippen LogP contribution < -0.4 is 11.0 Å². The van der Waals surface area contributed by atoms with Crippen LogP contribution in [0.3, 0.4) is 0 Å². The highest BCUT2D eigenvalue weighted by atomic mass is 16.7. The second-order valence-corrected chi connectivity index (χ2v) is 7.08. The van der Waals surface area contributed by atoms with E-state index < -0.39 is 23.8 Å². The molecule has 0 bridgehead atoms. The fourth-order valence-corrected chi connectivity index (χ4v) is 2.42. The van der Waals surface area contributed by atoms with Gasteiger partial charge in [-0.25, -0.2) is 5.48 Å². The van der Waals surface area contributed by atoms with Crippen LogP contribution >= 0.6 is 0 Å². The molecule has 0 aromatic heterocycles. The smallest absolute Gasteiger partial charge is 0.232 e. The topological polar surface area (TPSA) is 76.7 Å². The largest absolute Gasteiger partial charge is 0.290 e. The molecule has 27 heavy (non-hydrogen) atoms. The molecule has 0 saturated heterocycles. The van der Waals surface area contributed by atoms with E-state index in [1.807, 2.05) is 58.0 Å². The zero-order chi connectivity index (χ0) is 20.1. The van der Waals surface area contributed by atoms with Crippen LogP contribution in [0.2, 0.25) is 0 Å². The van der Waals surface area contributed by atoms with Crippen LogP contribution in [0.5, 0.6) is 0 Å². The van der Waals surface area contributed by atoms with Crippen molar-refractivity contribution in [2.75, 3.05) is 12.0 Å². The van der Waals surface area contributed by atoms with Gasteiger partial charge in [-0.2, -0.15) is 0 Å². The first-order valence-corrected chi connectivity index (χ1v) is 9.92. The van der Waals surface area contributed by atoms with Gasteiger partial charge in [0.1, 0.15) is 6.10 Å². The van der Waals surface area contributed by atoms with Crippen molar-refractivity contribution in [1.29, 1.82) is 0 Å². The predicted molar refractivity (Wildman–Crippen MR) is 107 cm³/mol. The quantitative estimate of drug-likeness (QED) is 0.354. The molecule has 0 aliphatic rings. The molecule has 2 atom stereocenters. The number of benzene rings is 1. The Morgan fingerprint density at radius 1 is 0.926 bits per heavy atom. The van der Waals surface area contributed by atoms with Crippen molar-refractivity contribution < 1.29 is 19.3 Å². The van der Waals surface area contributed by atoms with Gasteiger partial charge in [-0.05, 0) is 30.9 Å². The number of carbonyl (C=O) groups is 2. The maximum absolute atomic E-state index is 12.7. The number of hydrogen-bond acceptors (Lipinski definition) is 6. The number of anilines is 1. The molecule has 152 valence electrons. The molecule has 0 spiro atoms. The van der Waals surface area contributed by atoms with Gasteiger partial charge < -0.3 is 0 Å². The van der Waals surface area contributed by atoms with E-state index in [1.165, 1.54) is 0 Å². The van der Waals surface area contributed by atoms with Crippen molar-refractivity contribution in [3.05, 3.63) is 30.3 Å². The number of Topliss-reactive ketones (excluding diaryl/α,β-unsaturated/α-hetero) is 2. The van der Waals surface area contributed by atoms with Crippen molar-refractivity contribution >= 4 is 17.3 Å². The van der Waals surface area contributed by atoms with Crippen molar-refractivity contribution in [3.63, 3.8) is 0 Å². The molecule has 0 radical (unpaired) electrons. The first-order valence-electron chi connectivity index (χ1n) is 9.92. The number of nitrogens with one attached hydrogen (secondary N) is 2. The lowest BCUT2D eigenvalue weighted by Gasteiger charge is -2.20. The molecule has 0 aliphatic heterocycles. The summed E-state index contributed by atoms with van der Waals surface area (Å²) in [6.45, 7) is 8.70. The minimum absolute atomic E-state index is 0.383. The maximum Gasteiger partial charge on any atom is 0.232 e. The van der Waals surface area contributed by atoms with E-state index in [9.17, 15) is 9.59 Å². The molecule has 0 aliphatic carbocycles. The van der Waals surface area contributed by atoms with Crippen LogP contribution in [0, 0.1) is 5.92 Å². The average molecular weight is 379 g/mol. The fourth-order valence-electron chi connectivity index (χ4n) is 2.42. The molecule has 1 aromatic rings. The summed E-state index contributed by atoms with van der Waals surface area (Å²) >= 11 is 0. The lowest BCUT2D eigenvalue weighted by atomic mass is 10.00. The van der Waals surface area contributed by atoms with Gasteiger partial charge >= 0.3 is 0 Å². The van der Waals surface area contributed by atoms with Gasteiger partial charge in [-0.3, -0.25) is 24.7 Å². The van der Waals surface area contributed by atoms with Gasteiger partial charge in [0.05, 0.1) is 5.69 Å². The summed E-state index contributed by atoms with van der Waals surface area (Å²) in [6, 6.07) is 9.28. The highest BCUT2D eigenvalue weighted by Gasteiger charge is 2.32. The Balaban J connectivity index is 2.71. The summed E-state index contributed by atoms with van der Waals surface area (Å²) in [4.78, 5) is 36.5. The van der Waals surface area contributed by atoms with Gasteiger partial charge in [0.2, 0.25) is 11.6 Å². The van der Waals surface area contributed by atoms with Crippen LogP contribution in [0.1, 0.15) is 59.8 Å². The Hall–Kier alpha value is -1.76. The molecule has 0 fully saturated rings. The summed E-state index contributed by atoms with van der Waals surface area (Å²) in [5.74, 6) is -0.699. The van der Waals surface area contributed by atoms with Crippen LogP contribution in [-0.4, -0.2) is 30.3 Å². The molecule has 6 nitrogen and oxygen atoms in total. The first-order chi connectivity index (χ1) is 13.0. The number of hydroxylamine groups is 1. The Kier molecular flexibility index (Phi) is 11.6. The Bertz CT molecular complexity index is 548. The van der Waals surface area contributed by atoms with Crippen molar-refractivity contribution in [2.45, 2.75) is 72.0 Å². The predicted octanol–water partition coefficient (Wildman–Crippen LogP) is 4.07. The lowest BCUT2D eigenvalue weighted by molar-refractivity contribution is -0.153. The number of ketones is 2. The van der Waals surface area contributed by atoms with Gasteiger partial charge in [0, 0.05) is 6.54 Å². The summed E-state index contributed by atoms with van der Waals surface area (Å²) in [5.41, 5.74) is 6.34. The molecule has 0 saturated carbocycles. The van der Waals surface area contributed by atoms with E-state index in [0.29, 0.717) is 25.3 Å². The summed E-state index contributed by atoms with van der Waals surface area (Å²) < 4.78 is 0. The number of rotatable bonds is 15. The Morgan fingerprint density at radius 3 is 2.11 bits per heavy atom. The second kappa shape index (κ2) is 13.4. The molecule has 1 aromatic carbocycles. The minimum Gasteiger partial charge on any atom is -0.290 e. The average Bonchev–Trinajstić information content (AvgIpc) is 2.67. The minimum atomic E-state index is -0.833. The van der Waals surface area contributed by atoms with E-state index >= 15 is 0 Å². The molecular formula is C21H34N2O4. The number of hydrogen-bond donors (Lipinski definition) is 2. The summed E-state index contributed by atoms with van der Waals surface area (Å²) in [5, 5.41) is 0. The number of unbranched alkanes of at least 4 members (excludes halogenated alkanes) is 1. The fraction of sp³-hybridized carbons (Fsp3) is 0.619. The van der Waals surface area contributed by atoms with Gasteiger partial charge in [0.15, 0.2) is 6.10 Å². The van der Waals surface area contributed by atoms with Crippen LogP contribution in [-0.2, 0) is 19.3 Å². The van der Waals surface area contributed by atoms with Crippen molar-refractivity contribution in [3.8, 4) is 0 Å². The normalized spacial score (nSPS) is 13.4. The van der Waals surface area contributed by atoms with E-state index in [4.69, 9.17) is 9.68 Å². The zero-order valence-electron chi connectivity index (χ0n) is 17.0. The summed E-state index contributed by atoms with van der Waals surface area (Å²) in [7, 11) is 0. The Morgan fingerprint density at radius 2 is 1.56 bits per heavy atom. The number of para-hydroxylation sites is 1. The highest BCUT2D eigenvalue weighted by molar-refractivity contribution is 6.40. The molecule has 0 amide bonds. The van der Waals surface area contributed by atoms with Gasteiger partial charge in [-0.15, -0.1) is 0 Å². The van der Waals surface area contributed by atoms with E-state index in [-0.39, 0.29) is 0 Å². The van der Waals surface area contributed by atoms with E-state index in [1.54, 1.807) is 0 Å². The van der Waals surface area contributed by atoms with Gasteiger partial charge in [0.25, 0.3) is 0 Å². The lowest BCUT2D eigenvalue weighted by Crippen LogP contribution is -2.42. The van der Waals surface area contributed by atoms with Crippen LogP contribution in [0.25, 0.3) is 0 Å². The molecule has 2 N–H and O–H groups in total. The molecular weight excluding hydrogens is 344 g/mol. The zero-order valence-corrected chi connectivity index (χ0v) is 17.0. The molecule has 6 heteroatoms. The number of carbonyl (C=O) groups excluding carboxylic acids is 2. The van der Waals surface area contributed by atoms with Crippen LogP contribution in [0.15, 0.2) is 30.3 Å². The first kappa shape index (κ1) is 23.3. The van der Waals surface area contributed by atoms with Crippen molar-refractivity contribution in [2.24, 2.45) is 5.92 Å². The third-order valence-electron chi connectivity index (χ3n) is 4.01. The van der Waals surface area contributed by atoms with E-state index in [2.05, 4.69) is 11.0 Å². The Labute approximate surface area is 162 Å². The second-order valence-electron chi connectivity index (χ2n) is 7.08. The SMILES string of the molecule is CCCCC(ONCC(C)C)C(=O)C(=O)C(CCC)ONc1ccccc1. The molecule has 2 unspecified atom stereocenters. The maximum atomic E-state index is 12.7. The summed E-state index contributed by atoms with van der Waals surface area (Å²) in [6.07, 6.45) is 1.83. The van der Waals surface area contributed by atoms with Crippen LogP contribution in [0.4, 0.5) is 5.69 Å². The van der Waals surface area contributed by atoms with Gasteiger partial charge in [-0.1, -0.05) is 65.2 Å². The molecule has 1 rings (SSSR count). The highest BCUT2D eigenvalue weighted by Crippen LogP contribution is 2.13. The third-order valence-corrected chi connectivity index (χ3v) is 4.01. The molecule has 0 heterocycles. The van der Waals surface area contributed by atoms with Crippen molar-refractivity contribution in [1.82, 2.24) is 5.48 Å². The third kappa shape index (κ3) is 9.13. The standard InChI is InChI=1S/C21H34N2O4/c1-5-7-14-19(26-22-15-16(3)4)21(25)20(24)18(11-6-2)27-23-17-12-9-8-10-13-17/h8-10,12-13,16,18-19,22-23H,5-7,11,14-15H2,1-4H3. The monoisotopic (exact) mass is 378 g/mol. The van der Waals surface area contributed by atoms with E-state index in [0.717, 1.165) is 24.9 Å².